The van der Waals surface area contributed by atoms with Crippen LogP contribution in [0.25, 0.3) is 0 Å². The third-order valence-electron chi connectivity index (χ3n) is 4.05. The number of fused-ring (bicyclic) bond motifs is 1. The van der Waals surface area contributed by atoms with Gasteiger partial charge in [0.1, 0.15) is 11.6 Å². The summed E-state index contributed by atoms with van der Waals surface area (Å²) >= 11 is 0. The lowest BCUT2D eigenvalue weighted by atomic mass is 10.0. The predicted octanol–water partition coefficient (Wildman–Crippen LogP) is 2.20. The first kappa shape index (κ1) is 19.3. The smallest absolute Gasteiger partial charge is 0.359 e. The number of para-hydroxylation sites is 1. The van der Waals surface area contributed by atoms with Gasteiger partial charge in [0, 0.05) is 6.20 Å². The maximum absolute atomic E-state index is 13.5. The lowest BCUT2D eigenvalue weighted by molar-refractivity contribution is -0.121. The fraction of sp³-hybridized carbons (Fsp3) is 0.353. The van der Waals surface area contributed by atoms with Crippen LogP contribution in [0, 0.1) is 0 Å². The van der Waals surface area contributed by atoms with Gasteiger partial charge in [0.15, 0.2) is 11.6 Å². The average Bonchev–Trinajstić information content (AvgIpc) is 3.01. The number of nitrogens with one attached hydrogen (secondary N) is 1. The molecule has 1 unspecified atom stereocenters. The van der Waals surface area contributed by atoms with Gasteiger partial charge in [-0.15, -0.1) is 0 Å². The van der Waals surface area contributed by atoms with E-state index in [9.17, 15) is 19.3 Å². The maximum atomic E-state index is 13.5. The minimum atomic E-state index is -3.88. The van der Waals surface area contributed by atoms with Crippen LogP contribution in [0.3, 0.4) is 0 Å². The molecule has 144 valence electrons. The molecule has 0 saturated carbocycles. The number of benzene rings is 1. The van der Waals surface area contributed by atoms with Crippen molar-refractivity contribution in [3.8, 4) is 5.75 Å². The number of Topliss-reactive ketones (excluding diaryl/α,β-unsaturated/α-hetero) is 1. The molecule has 1 saturated heterocycles. The first-order valence-corrected chi connectivity index (χ1v) is 10.1. The van der Waals surface area contributed by atoms with Crippen LogP contribution in [0.5, 0.6) is 5.75 Å². The van der Waals surface area contributed by atoms with Crippen molar-refractivity contribution in [1.29, 1.82) is 0 Å². The Hall–Kier alpha value is -2.48. The molecule has 1 fully saturated rings. The zero-order chi connectivity index (χ0) is 19.6. The van der Waals surface area contributed by atoms with Crippen LogP contribution < -0.4 is 5.43 Å². The van der Waals surface area contributed by atoms with Gasteiger partial charge in [-0.2, -0.15) is 0 Å². The molecule has 3 rings (SSSR count). The predicted molar refractivity (Wildman–Crippen MR) is 97.2 cm³/mol. The Morgan fingerprint density at radius 3 is 2.63 bits per heavy atom. The monoisotopic (exact) mass is 393 g/mol. The number of amidine groups is 1. The molecule has 10 heteroatoms. The van der Waals surface area contributed by atoms with Crippen molar-refractivity contribution in [2.45, 2.75) is 26.1 Å². The lowest BCUT2D eigenvalue weighted by Gasteiger charge is -2.36. The van der Waals surface area contributed by atoms with Crippen molar-refractivity contribution in [1.82, 2.24) is 10.4 Å². The third kappa shape index (κ3) is 3.53. The molecule has 0 aliphatic carbocycles. The van der Waals surface area contributed by atoms with Crippen molar-refractivity contribution < 1.29 is 28.3 Å². The molecule has 2 heterocycles. The number of amides is 1. The second-order valence-electron chi connectivity index (χ2n) is 5.81. The number of aliphatic imine (C=N–C) groups is 1. The van der Waals surface area contributed by atoms with Gasteiger partial charge in [-0.25, -0.2) is 4.99 Å². The van der Waals surface area contributed by atoms with Crippen LogP contribution in [0.2, 0.25) is 0 Å². The molecule has 1 aromatic rings. The minimum absolute atomic E-state index is 0.00677. The number of carbonyl (C=O) groups excluding carboxylic acids is 2. The number of hydrogen-bond acceptors (Lipinski definition) is 8. The van der Waals surface area contributed by atoms with E-state index >= 15 is 0 Å². The maximum Gasteiger partial charge on any atom is 0.359 e. The molecular formula is C17H20N3O6P. The second kappa shape index (κ2) is 7.64. The SMILES string of the molecule is CCOP(=O)(OCC)C1C(C(=O)c2ccccc2O)=CN=C2CC(=O)NN21. The topological polar surface area (TPSA) is 118 Å². The Bertz CT molecular complexity index is 871. The highest BCUT2D eigenvalue weighted by molar-refractivity contribution is 7.55. The number of hydrazine groups is 1. The average molecular weight is 393 g/mol. The van der Waals surface area contributed by atoms with E-state index in [0.29, 0.717) is 5.84 Å². The van der Waals surface area contributed by atoms with Crippen LogP contribution >= 0.6 is 7.60 Å². The molecule has 0 radical (unpaired) electrons. The Morgan fingerprint density at radius 2 is 2.00 bits per heavy atom. The number of phenolic OH excluding ortho intramolecular Hbond substituents is 1. The summed E-state index contributed by atoms with van der Waals surface area (Å²) in [7, 11) is -3.88. The van der Waals surface area contributed by atoms with Crippen molar-refractivity contribution >= 4 is 25.1 Å². The van der Waals surface area contributed by atoms with Crippen molar-refractivity contribution in [2.24, 2.45) is 4.99 Å². The molecule has 1 amide bonds. The van der Waals surface area contributed by atoms with Crippen molar-refractivity contribution in [2.75, 3.05) is 13.2 Å². The summed E-state index contributed by atoms with van der Waals surface area (Å²) in [6.07, 6.45) is 1.25. The van der Waals surface area contributed by atoms with Gasteiger partial charge in [-0.05, 0) is 26.0 Å². The third-order valence-corrected chi connectivity index (χ3v) is 6.39. The van der Waals surface area contributed by atoms with Gasteiger partial charge in [0.2, 0.25) is 5.91 Å². The standard InChI is InChI=1S/C17H20N3O6P/c1-3-25-27(24,26-4-2)17-12(10-18-14-9-15(22)19-20(14)17)16(23)11-7-5-6-8-13(11)21/h5-8,10,17,21H,3-4,9H2,1-2H3,(H,19,22). The quantitative estimate of drug-likeness (QED) is 0.539. The van der Waals surface area contributed by atoms with E-state index in [-0.39, 0.29) is 42.4 Å². The molecule has 1 atom stereocenters. The van der Waals surface area contributed by atoms with Crippen LogP contribution in [0.4, 0.5) is 0 Å². The number of phenols is 1. The van der Waals surface area contributed by atoms with Crippen LogP contribution in [0.1, 0.15) is 30.6 Å². The highest BCUT2D eigenvalue weighted by Gasteiger charge is 2.50. The number of ketones is 1. The molecule has 27 heavy (non-hydrogen) atoms. The zero-order valence-corrected chi connectivity index (χ0v) is 15.8. The van der Waals surface area contributed by atoms with Gasteiger partial charge < -0.3 is 14.2 Å². The van der Waals surface area contributed by atoms with E-state index in [4.69, 9.17) is 9.05 Å². The first-order chi connectivity index (χ1) is 12.9. The fourth-order valence-electron chi connectivity index (χ4n) is 2.97. The summed E-state index contributed by atoms with van der Waals surface area (Å²) in [5.41, 5.74) is 2.57. The molecule has 0 aromatic heterocycles. The first-order valence-electron chi connectivity index (χ1n) is 8.48. The second-order valence-corrected chi connectivity index (χ2v) is 7.89. The Labute approximate surface area is 156 Å². The van der Waals surface area contributed by atoms with E-state index in [1.165, 1.54) is 23.3 Å². The molecule has 2 aliphatic heterocycles. The Kier molecular flexibility index (Phi) is 5.46. The zero-order valence-electron chi connectivity index (χ0n) is 14.9. The van der Waals surface area contributed by atoms with E-state index in [0.717, 1.165) is 0 Å². The highest BCUT2D eigenvalue weighted by atomic mass is 31.2. The lowest BCUT2D eigenvalue weighted by Crippen LogP contribution is -2.48. The summed E-state index contributed by atoms with van der Waals surface area (Å²) in [5, 5.41) is 11.3. The summed E-state index contributed by atoms with van der Waals surface area (Å²) in [4.78, 5) is 29.1. The number of carbonyl (C=O) groups is 2. The summed E-state index contributed by atoms with van der Waals surface area (Å²) < 4.78 is 24.4. The number of aromatic hydroxyl groups is 1. The van der Waals surface area contributed by atoms with E-state index < -0.39 is 19.2 Å². The molecule has 9 nitrogen and oxygen atoms in total. The van der Waals surface area contributed by atoms with Gasteiger partial charge in [-0.1, -0.05) is 12.1 Å². The fourth-order valence-corrected chi connectivity index (χ4v) is 5.05. The van der Waals surface area contributed by atoms with E-state index in [1.54, 1.807) is 26.0 Å². The van der Waals surface area contributed by atoms with Crippen LogP contribution in [-0.4, -0.2) is 46.6 Å². The van der Waals surface area contributed by atoms with Crippen molar-refractivity contribution in [3.63, 3.8) is 0 Å². The van der Waals surface area contributed by atoms with Gasteiger partial charge in [0.25, 0.3) is 0 Å². The summed E-state index contributed by atoms with van der Waals surface area (Å²) in [6.45, 7) is 3.47. The van der Waals surface area contributed by atoms with Gasteiger partial charge in [0.05, 0.1) is 30.8 Å². The number of rotatable bonds is 7. The van der Waals surface area contributed by atoms with Crippen LogP contribution in [0.15, 0.2) is 41.0 Å². The number of nitrogens with zero attached hydrogens (tertiary/aromatic N) is 2. The van der Waals surface area contributed by atoms with E-state index in [2.05, 4.69) is 10.4 Å². The van der Waals surface area contributed by atoms with Gasteiger partial charge >= 0.3 is 7.60 Å². The minimum Gasteiger partial charge on any atom is -0.507 e. The molecule has 2 N–H and O–H groups in total. The Morgan fingerprint density at radius 1 is 1.33 bits per heavy atom. The van der Waals surface area contributed by atoms with Crippen LogP contribution in [-0.2, 0) is 18.4 Å². The molecule has 0 spiro atoms. The molecule has 1 aromatic carbocycles. The van der Waals surface area contributed by atoms with Crippen molar-refractivity contribution in [3.05, 3.63) is 41.6 Å². The summed E-state index contributed by atoms with van der Waals surface area (Å²) in [5.74, 6) is -2.03. The summed E-state index contributed by atoms with van der Waals surface area (Å²) in [6, 6.07) is 6.01. The van der Waals surface area contributed by atoms with E-state index in [1.807, 2.05) is 0 Å². The Balaban J connectivity index is 2.10. The molecular weight excluding hydrogens is 373 g/mol. The normalized spacial score (nSPS) is 19.3. The largest absolute Gasteiger partial charge is 0.507 e. The number of hydrogen-bond donors (Lipinski definition) is 2. The van der Waals surface area contributed by atoms with Gasteiger partial charge in [-0.3, -0.25) is 24.6 Å². The molecule has 0 bridgehead atoms. The molecule has 2 aliphatic rings. The highest BCUT2D eigenvalue weighted by Crippen LogP contribution is 2.58.